The monoisotopic (exact) mass is 147 g/mol. The van der Waals surface area contributed by atoms with Gasteiger partial charge in [0, 0.05) is 12.0 Å². The third-order valence-corrected chi connectivity index (χ3v) is 2.69. The fourth-order valence-corrected chi connectivity index (χ4v) is 1.89. The summed E-state index contributed by atoms with van der Waals surface area (Å²) < 4.78 is 25.4. The van der Waals surface area contributed by atoms with Crippen LogP contribution in [-0.4, -0.2) is 30.0 Å². The van der Waals surface area contributed by atoms with Crippen molar-refractivity contribution in [3.8, 4) is 0 Å². The SMILES string of the molecule is CN1CC(F)(F)CC12CC2. The topological polar surface area (TPSA) is 3.24 Å². The van der Waals surface area contributed by atoms with Crippen molar-refractivity contribution in [2.24, 2.45) is 0 Å². The third kappa shape index (κ3) is 0.764. The molecule has 0 N–H and O–H groups in total. The Morgan fingerprint density at radius 2 is 1.90 bits per heavy atom. The lowest BCUT2D eigenvalue weighted by Crippen LogP contribution is -2.27. The van der Waals surface area contributed by atoms with Gasteiger partial charge in [-0.3, -0.25) is 4.90 Å². The second-order valence-corrected chi connectivity index (χ2v) is 3.61. The molecular weight excluding hydrogens is 136 g/mol. The normalized spacial score (nSPS) is 35.1. The minimum Gasteiger partial charge on any atom is -0.295 e. The van der Waals surface area contributed by atoms with E-state index in [1.54, 1.807) is 7.05 Å². The molecule has 1 aliphatic carbocycles. The van der Waals surface area contributed by atoms with E-state index >= 15 is 0 Å². The summed E-state index contributed by atoms with van der Waals surface area (Å²) >= 11 is 0. The van der Waals surface area contributed by atoms with Crippen LogP contribution in [0.15, 0.2) is 0 Å². The van der Waals surface area contributed by atoms with Crippen molar-refractivity contribution < 1.29 is 8.78 Å². The van der Waals surface area contributed by atoms with Crippen LogP contribution in [0, 0.1) is 0 Å². The van der Waals surface area contributed by atoms with Gasteiger partial charge in [-0.05, 0) is 19.9 Å². The van der Waals surface area contributed by atoms with Crippen molar-refractivity contribution in [1.82, 2.24) is 4.90 Å². The first-order chi connectivity index (χ1) is 4.54. The highest BCUT2D eigenvalue weighted by Crippen LogP contribution is 2.53. The van der Waals surface area contributed by atoms with Gasteiger partial charge in [-0.15, -0.1) is 0 Å². The molecule has 1 saturated carbocycles. The molecule has 2 rings (SSSR count). The van der Waals surface area contributed by atoms with Gasteiger partial charge >= 0.3 is 0 Å². The maximum atomic E-state index is 12.7. The molecule has 0 amide bonds. The Balaban J connectivity index is 2.15. The number of hydrogen-bond donors (Lipinski definition) is 0. The minimum absolute atomic E-state index is 0.0347. The van der Waals surface area contributed by atoms with Gasteiger partial charge in [-0.1, -0.05) is 0 Å². The number of rotatable bonds is 0. The van der Waals surface area contributed by atoms with Crippen LogP contribution in [0.4, 0.5) is 8.78 Å². The van der Waals surface area contributed by atoms with E-state index in [9.17, 15) is 8.78 Å². The molecule has 2 aliphatic rings. The smallest absolute Gasteiger partial charge is 0.262 e. The van der Waals surface area contributed by atoms with Crippen molar-refractivity contribution >= 4 is 0 Å². The first-order valence-electron chi connectivity index (χ1n) is 3.63. The lowest BCUT2D eigenvalue weighted by Gasteiger charge is -2.15. The molecule has 3 heteroatoms. The first-order valence-corrected chi connectivity index (χ1v) is 3.63. The summed E-state index contributed by atoms with van der Waals surface area (Å²) in [6.07, 6.45) is 2.04. The molecule has 0 unspecified atom stereocenters. The Bertz CT molecular complexity index is 163. The van der Waals surface area contributed by atoms with E-state index in [1.807, 2.05) is 4.90 Å². The van der Waals surface area contributed by atoms with E-state index in [0.717, 1.165) is 12.8 Å². The van der Waals surface area contributed by atoms with Crippen molar-refractivity contribution in [3.63, 3.8) is 0 Å². The number of halogens is 2. The van der Waals surface area contributed by atoms with Gasteiger partial charge in [-0.2, -0.15) is 0 Å². The molecule has 0 atom stereocenters. The summed E-state index contributed by atoms with van der Waals surface area (Å²) in [4.78, 5) is 1.81. The van der Waals surface area contributed by atoms with Crippen LogP contribution in [0.3, 0.4) is 0 Å². The van der Waals surface area contributed by atoms with Crippen LogP contribution in [-0.2, 0) is 0 Å². The Morgan fingerprint density at radius 3 is 2.10 bits per heavy atom. The van der Waals surface area contributed by atoms with Gasteiger partial charge in [-0.25, -0.2) is 8.78 Å². The fourth-order valence-electron chi connectivity index (χ4n) is 1.89. The van der Waals surface area contributed by atoms with E-state index in [2.05, 4.69) is 0 Å². The molecule has 0 bridgehead atoms. The second kappa shape index (κ2) is 1.52. The maximum absolute atomic E-state index is 12.7. The van der Waals surface area contributed by atoms with Crippen LogP contribution in [0.5, 0.6) is 0 Å². The van der Waals surface area contributed by atoms with E-state index < -0.39 is 5.92 Å². The highest BCUT2D eigenvalue weighted by Gasteiger charge is 2.59. The average Bonchev–Trinajstić information content (AvgIpc) is 2.40. The Morgan fingerprint density at radius 1 is 1.30 bits per heavy atom. The lowest BCUT2D eigenvalue weighted by molar-refractivity contribution is 0.0138. The zero-order chi connectivity index (χ0) is 7.41. The van der Waals surface area contributed by atoms with Gasteiger partial charge in [0.25, 0.3) is 5.92 Å². The van der Waals surface area contributed by atoms with E-state index in [0.29, 0.717) is 0 Å². The van der Waals surface area contributed by atoms with Crippen molar-refractivity contribution in [1.29, 1.82) is 0 Å². The van der Waals surface area contributed by atoms with Crippen LogP contribution in [0.1, 0.15) is 19.3 Å². The average molecular weight is 147 g/mol. The molecule has 1 aliphatic heterocycles. The van der Waals surface area contributed by atoms with E-state index in [-0.39, 0.29) is 18.5 Å². The highest BCUT2D eigenvalue weighted by atomic mass is 19.3. The summed E-state index contributed by atoms with van der Waals surface area (Å²) in [5.74, 6) is -2.41. The quantitative estimate of drug-likeness (QED) is 0.501. The third-order valence-electron chi connectivity index (χ3n) is 2.69. The number of alkyl halides is 2. The summed E-state index contributed by atoms with van der Waals surface area (Å²) in [5, 5.41) is 0. The van der Waals surface area contributed by atoms with Crippen LogP contribution in [0.25, 0.3) is 0 Å². The van der Waals surface area contributed by atoms with Gasteiger partial charge in [0.1, 0.15) is 0 Å². The summed E-state index contributed by atoms with van der Waals surface area (Å²) in [6.45, 7) is -0.0347. The fraction of sp³-hybridized carbons (Fsp3) is 1.00. The number of nitrogens with zero attached hydrogens (tertiary/aromatic N) is 1. The van der Waals surface area contributed by atoms with Gasteiger partial charge in [0.15, 0.2) is 0 Å². The largest absolute Gasteiger partial charge is 0.295 e. The van der Waals surface area contributed by atoms with Crippen LogP contribution < -0.4 is 0 Å². The van der Waals surface area contributed by atoms with Crippen molar-refractivity contribution in [2.45, 2.75) is 30.7 Å². The summed E-state index contributed by atoms with van der Waals surface area (Å²) in [5.41, 5.74) is -0.0799. The van der Waals surface area contributed by atoms with Gasteiger partial charge in [0.05, 0.1) is 6.54 Å². The van der Waals surface area contributed by atoms with E-state index in [4.69, 9.17) is 0 Å². The zero-order valence-corrected chi connectivity index (χ0v) is 6.03. The maximum Gasteiger partial charge on any atom is 0.262 e. The predicted octanol–water partition coefficient (Wildman–Crippen LogP) is 1.49. The van der Waals surface area contributed by atoms with Crippen LogP contribution in [0.2, 0.25) is 0 Å². The molecule has 1 nitrogen and oxygen atoms in total. The molecule has 1 spiro atoms. The first kappa shape index (κ1) is 6.53. The molecule has 1 saturated heterocycles. The molecular formula is C7H11F2N. The highest BCUT2D eigenvalue weighted by molar-refractivity contribution is 5.11. The van der Waals surface area contributed by atoms with Crippen molar-refractivity contribution in [2.75, 3.05) is 13.6 Å². The zero-order valence-electron chi connectivity index (χ0n) is 6.03. The Hall–Kier alpha value is -0.180. The van der Waals surface area contributed by atoms with Crippen molar-refractivity contribution in [3.05, 3.63) is 0 Å². The van der Waals surface area contributed by atoms with Gasteiger partial charge < -0.3 is 0 Å². The summed E-state index contributed by atoms with van der Waals surface area (Å²) in [6, 6.07) is 0. The predicted molar refractivity (Wildman–Crippen MR) is 34.2 cm³/mol. The molecule has 2 fully saturated rings. The lowest BCUT2D eigenvalue weighted by atomic mass is 10.2. The minimum atomic E-state index is -2.41. The Kier molecular flexibility index (Phi) is 0.994. The number of hydrogen-bond acceptors (Lipinski definition) is 1. The van der Waals surface area contributed by atoms with Crippen LogP contribution >= 0.6 is 0 Å². The molecule has 0 radical (unpaired) electrons. The second-order valence-electron chi connectivity index (χ2n) is 3.61. The molecule has 10 heavy (non-hydrogen) atoms. The molecule has 0 aromatic carbocycles. The van der Waals surface area contributed by atoms with Gasteiger partial charge in [0.2, 0.25) is 0 Å². The molecule has 1 heterocycles. The Labute approximate surface area is 59.0 Å². The molecule has 58 valence electrons. The molecule has 0 aromatic rings. The standard InChI is InChI=1S/C7H11F2N/c1-10-5-7(8,9)4-6(10)2-3-6/h2-5H2,1H3. The van der Waals surface area contributed by atoms with E-state index in [1.165, 1.54) is 0 Å². The molecule has 0 aromatic heterocycles. The summed E-state index contributed by atoms with van der Waals surface area (Å²) in [7, 11) is 1.80. The number of likely N-dealkylation sites (tertiary alicyclic amines) is 1.